The number of hydrogen-bond donors (Lipinski definition) is 0. The molecule has 3 heterocycles. The van der Waals surface area contributed by atoms with Crippen LogP contribution < -0.4 is 0 Å². The lowest BCUT2D eigenvalue weighted by molar-refractivity contribution is -0.477. The molecule has 3 saturated heterocycles. The summed E-state index contributed by atoms with van der Waals surface area (Å²) < 4.78 is 17.1. The van der Waals surface area contributed by atoms with Crippen molar-refractivity contribution in [1.82, 2.24) is 0 Å². The molecule has 0 atom stereocenters. The number of rotatable bonds is 1. The first-order chi connectivity index (χ1) is 7.23. The largest absolute Gasteiger partial charge is 0.323 e. The maximum absolute atomic E-state index is 5.71. The van der Waals surface area contributed by atoms with E-state index < -0.39 is 5.97 Å². The van der Waals surface area contributed by atoms with Crippen molar-refractivity contribution >= 4 is 0 Å². The molecule has 3 heteroatoms. The van der Waals surface area contributed by atoms with E-state index in [9.17, 15) is 0 Å². The SMILES string of the molecule is CC12COC(c3ccccc3)(OC1)OC2. The van der Waals surface area contributed by atoms with Crippen LogP contribution in [-0.2, 0) is 20.2 Å². The maximum atomic E-state index is 5.71. The van der Waals surface area contributed by atoms with Gasteiger partial charge in [-0.15, -0.1) is 0 Å². The van der Waals surface area contributed by atoms with Crippen LogP contribution in [0.1, 0.15) is 12.5 Å². The third-order valence-electron chi connectivity index (χ3n) is 2.96. The van der Waals surface area contributed by atoms with Crippen molar-refractivity contribution in [3.63, 3.8) is 0 Å². The third-order valence-corrected chi connectivity index (χ3v) is 2.96. The van der Waals surface area contributed by atoms with Gasteiger partial charge in [-0.25, -0.2) is 0 Å². The zero-order valence-electron chi connectivity index (χ0n) is 8.73. The van der Waals surface area contributed by atoms with Crippen LogP contribution in [0.2, 0.25) is 0 Å². The first-order valence-corrected chi connectivity index (χ1v) is 5.20. The molecule has 3 nitrogen and oxygen atoms in total. The van der Waals surface area contributed by atoms with Crippen molar-refractivity contribution in [1.29, 1.82) is 0 Å². The summed E-state index contributed by atoms with van der Waals surface area (Å²) in [5.41, 5.74) is 0.961. The molecule has 0 unspecified atom stereocenters. The van der Waals surface area contributed by atoms with Gasteiger partial charge in [0, 0.05) is 11.0 Å². The molecule has 1 aromatic carbocycles. The quantitative estimate of drug-likeness (QED) is 0.702. The van der Waals surface area contributed by atoms with Crippen molar-refractivity contribution in [2.75, 3.05) is 19.8 Å². The van der Waals surface area contributed by atoms with Crippen molar-refractivity contribution in [2.45, 2.75) is 12.9 Å². The van der Waals surface area contributed by atoms with Crippen molar-refractivity contribution in [3.8, 4) is 0 Å². The molecule has 0 saturated carbocycles. The highest BCUT2D eigenvalue weighted by atomic mass is 16.9. The van der Waals surface area contributed by atoms with Gasteiger partial charge in [0.05, 0.1) is 19.8 Å². The summed E-state index contributed by atoms with van der Waals surface area (Å²) in [7, 11) is 0. The van der Waals surface area contributed by atoms with Crippen LogP contribution in [0.4, 0.5) is 0 Å². The van der Waals surface area contributed by atoms with E-state index in [1.54, 1.807) is 0 Å². The average molecular weight is 206 g/mol. The molecule has 0 N–H and O–H groups in total. The van der Waals surface area contributed by atoms with Gasteiger partial charge in [-0.2, -0.15) is 0 Å². The van der Waals surface area contributed by atoms with Gasteiger partial charge in [0.2, 0.25) is 0 Å². The van der Waals surface area contributed by atoms with Crippen LogP contribution in [0.5, 0.6) is 0 Å². The minimum atomic E-state index is -0.945. The highest BCUT2D eigenvalue weighted by Crippen LogP contribution is 2.43. The molecule has 0 radical (unpaired) electrons. The second-order valence-electron chi connectivity index (χ2n) is 4.60. The van der Waals surface area contributed by atoms with Gasteiger partial charge < -0.3 is 14.2 Å². The predicted octanol–water partition coefficient (Wildman–Crippen LogP) is 1.88. The first kappa shape index (κ1) is 9.33. The van der Waals surface area contributed by atoms with Crippen LogP contribution in [0.3, 0.4) is 0 Å². The summed E-state index contributed by atoms with van der Waals surface area (Å²) in [5, 5.41) is 0. The molecule has 0 amide bonds. The molecular formula is C12H14O3. The summed E-state index contributed by atoms with van der Waals surface area (Å²) in [6.45, 7) is 4.20. The summed E-state index contributed by atoms with van der Waals surface area (Å²) in [5.74, 6) is -0.945. The Morgan fingerprint density at radius 2 is 1.47 bits per heavy atom. The lowest BCUT2D eigenvalue weighted by atomic mass is 9.91. The minimum absolute atomic E-state index is 0.0243. The zero-order chi connectivity index (χ0) is 10.4. The normalized spacial score (nSPS) is 39.3. The molecule has 4 rings (SSSR count). The highest BCUT2D eigenvalue weighted by molar-refractivity contribution is 5.19. The smallest absolute Gasteiger partial charge is 0.312 e. The fourth-order valence-corrected chi connectivity index (χ4v) is 1.95. The summed E-state index contributed by atoms with van der Waals surface area (Å²) in [6.07, 6.45) is 0. The molecule has 80 valence electrons. The third kappa shape index (κ3) is 1.39. The minimum Gasteiger partial charge on any atom is -0.323 e. The van der Waals surface area contributed by atoms with Crippen LogP contribution in [0, 0.1) is 5.41 Å². The standard InChI is InChI=1S/C12H14O3/c1-11-7-13-12(14-8-11,15-9-11)10-5-3-2-4-6-10/h2-6H,7-9H2,1H3. The van der Waals surface area contributed by atoms with E-state index >= 15 is 0 Å². The number of fused-ring (bicyclic) bond motifs is 3. The van der Waals surface area contributed by atoms with E-state index in [0.717, 1.165) is 5.56 Å². The van der Waals surface area contributed by atoms with Crippen LogP contribution in [-0.4, -0.2) is 19.8 Å². The van der Waals surface area contributed by atoms with Gasteiger partial charge >= 0.3 is 5.97 Å². The summed E-state index contributed by atoms with van der Waals surface area (Å²) in [4.78, 5) is 0. The van der Waals surface area contributed by atoms with Crippen LogP contribution >= 0.6 is 0 Å². The number of benzene rings is 1. The molecule has 0 spiro atoms. The Hall–Kier alpha value is -0.900. The zero-order valence-corrected chi connectivity index (χ0v) is 8.73. The van der Waals surface area contributed by atoms with Crippen LogP contribution in [0.25, 0.3) is 0 Å². The van der Waals surface area contributed by atoms with E-state index in [-0.39, 0.29) is 5.41 Å². The highest BCUT2D eigenvalue weighted by Gasteiger charge is 2.51. The lowest BCUT2D eigenvalue weighted by Crippen LogP contribution is -2.57. The van der Waals surface area contributed by atoms with Crippen molar-refractivity contribution < 1.29 is 14.2 Å². The molecule has 0 aliphatic carbocycles. The molecule has 0 aromatic heterocycles. The Kier molecular flexibility index (Phi) is 1.89. The Balaban J connectivity index is 1.94. The number of hydrogen-bond acceptors (Lipinski definition) is 3. The molecule has 3 fully saturated rings. The summed E-state index contributed by atoms with van der Waals surface area (Å²) >= 11 is 0. The van der Waals surface area contributed by atoms with Gasteiger partial charge in [0.1, 0.15) is 0 Å². The van der Waals surface area contributed by atoms with Gasteiger partial charge in [0.15, 0.2) is 0 Å². The second-order valence-corrected chi connectivity index (χ2v) is 4.60. The molecule has 1 aromatic rings. The van der Waals surface area contributed by atoms with Crippen molar-refractivity contribution in [2.24, 2.45) is 5.41 Å². The second kappa shape index (κ2) is 3.04. The fourth-order valence-electron chi connectivity index (χ4n) is 1.95. The van der Waals surface area contributed by atoms with E-state index in [0.29, 0.717) is 19.8 Å². The molecule has 15 heavy (non-hydrogen) atoms. The Bertz CT molecular complexity index is 336. The number of ether oxygens (including phenoxy) is 3. The van der Waals surface area contributed by atoms with Gasteiger partial charge in [-0.1, -0.05) is 37.3 Å². The fraction of sp³-hybridized carbons (Fsp3) is 0.500. The van der Waals surface area contributed by atoms with Gasteiger partial charge in [0.25, 0.3) is 0 Å². The molecule has 2 bridgehead atoms. The van der Waals surface area contributed by atoms with E-state index in [1.807, 2.05) is 30.3 Å². The maximum Gasteiger partial charge on any atom is 0.312 e. The lowest BCUT2D eigenvalue weighted by Gasteiger charge is -2.50. The Morgan fingerprint density at radius 1 is 0.933 bits per heavy atom. The van der Waals surface area contributed by atoms with Crippen LogP contribution in [0.15, 0.2) is 30.3 Å². The van der Waals surface area contributed by atoms with Gasteiger partial charge in [-0.3, -0.25) is 0 Å². The Morgan fingerprint density at radius 3 is 2.00 bits per heavy atom. The Labute approximate surface area is 89.0 Å². The summed E-state index contributed by atoms with van der Waals surface area (Å²) in [6, 6.07) is 9.82. The predicted molar refractivity (Wildman–Crippen MR) is 54.1 cm³/mol. The topological polar surface area (TPSA) is 27.7 Å². The monoisotopic (exact) mass is 206 g/mol. The molecule has 3 aliphatic heterocycles. The van der Waals surface area contributed by atoms with Crippen molar-refractivity contribution in [3.05, 3.63) is 35.9 Å². The molecular weight excluding hydrogens is 192 g/mol. The van der Waals surface area contributed by atoms with E-state index in [2.05, 4.69) is 6.92 Å². The van der Waals surface area contributed by atoms with E-state index in [4.69, 9.17) is 14.2 Å². The average Bonchev–Trinajstić information content (AvgIpc) is 2.32. The molecule has 3 aliphatic rings. The van der Waals surface area contributed by atoms with Gasteiger partial charge in [-0.05, 0) is 0 Å². The first-order valence-electron chi connectivity index (χ1n) is 5.20. The van der Waals surface area contributed by atoms with E-state index in [1.165, 1.54) is 0 Å².